The molecule has 0 spiro atoms. The molecule has 1 rings (SSSR count). The quantitative estimate of drug-likeness (QED) is 0.777. The van der Waals surface area contributed by atoms with Crippen LogP contribution < -0.4 is 5.32 Å². The molecule has 1 aromatic rings. The Kier molecular flexibility index (Phi) is 5.15. The third-order valence-electron chi connectivity index (χ3n) is 2.66. The molecule has 1 atom stereocenters. The minimum atomic E-state index is -0.125. The van der Waals surface area contributed by atoms with Gasteiger partial charge in [0.2, 0.25) is 0 Å². The van der Waals surface area contributed by atoms with Crippen molar-refractivity contribution in [2.75, 3.05) is 6.61 Å². The number of amides is 1. The van der Waals surface area contributed by atoms with E-state index in [4.69, 9.17) is 5.11 Å². The highest BCUT2D eigenvalue weighted by atomic mass is 16.3. The summed E-state index contributed by atoms with van der Waals surface area (Å²) in [6, 6.07) is 1.79. The number of nitrogens with one attached hydrogen (secondary N) is 1. The van der Waals surface area contributed by atoms with Gasteiger partial charge in [0.1, 0.15) is 5.69 Å². The average Bonchev–Trinajstić information content (AvgIpc) is 2.72. The average molecular weight is 239 g/mol. The summed E-state index contributed by atoms with van der Waals surface area (Å²) >= 11 is 0. The largest absolute Gasteiger partial charge is 0.396 e. The van der Waals surface area contributed by atoms with Crippen LogP contribution in [0.1, 0.15) is 43.4 Å². The smallest absolute Gasteiger partial charge is 0.269 e. The second-order valence-electron chi connectivity index (χ2n) is 4.08. The van der Waals surface area contributed by atoms with Crippen LogP contribution in [0.5, 0.6) is 0 Å². The van der Waals surface area contributed by atoms with Crippen LogP contribution in [-0.2, 0) is 13.0 Å². The minimum absolute atomic E-state index is 0.0298. The molecule has 5 nitrogen and oxygen atoms in total. The van der Waals surface area contributed by atoms with Crippen LogP contribution in [0.15, 0.2) is 6.07 Å². The number of aromatic nitrogens is 2. The summed E-state index contributed by atoms with van der Waals surface area (Å²) in [5, 5.41) is 16.0. The van der Waals surface area contributed by atoms with Crippen molar-refractivity contribution in [1.29, 1.82) is 0 Å². The first-order chi connectivity index (χ1) is 8.12. The maximum atomic E-state index is 12.0. The first-order valence-corrected chi connectivity index (χ1v) is 6.10. The van der Waals surface area contributed by atoms with Crippen LogP contribution in [0.3, 0.4) is 0 Å². The molecule has 1 amide bonds. The van der Waals surface area contributed by atoms with E-state index in [1.54, 1.807) is 4.68 Å². The van der Waals surface area contributed by atoms with Gasteiger partial charge in [0, 0.05) is 19.2 Å². The predicted octanol–water partition coefficient (Wildman–Crippen LogP) is 0.966. The number of hydrogen-bond acceptors (Lipinski definition) is 3. The third kappa shape index (κ3) is 3.56. The highest BCUT2D eigenvalue weighted by Gasteiger charge is 2.15. The fourth-order valence-corrected chi connectivity index (χ4v) is 1.63. The Morgan fingerprint density at radius 3 is 2.82 bits per heavy atom. The lowest BCUT2D eigenvalue weighted by Gasteiger charge is -2.12. The molecule has 0 radical (unpaired) electrons. The fraction of sp³-hybridized carbons (Fsp3) is 0.667. The predicted molar refractivity (Wildman–Crippen MR) is 65.9 cm³/mol. The molecule has 0 bridgehead atoms. The second kappa shape index (κ2) is 6.39. The summed E-state index contributed by atoms with van der Waals surface area (Å²) in [4.78, 5) is 12.0. The molecule has 17 heavy (non-hydrogen) atoms. The van der Waals surface area contributed by atoms with Crippen LogP contribution >= 0.6 is 0 Å². The summed E-state index contributed by atoms with van der Waals surface area (Å²) in [5.41, 5.74) is 1.51. The monoisotopic (exact) mass is 239 g/mol. The molecule has 0 saturated heterocycles. The van der Waals surface area contributed by atoms with E-state index >= 15 is 0 Å². The van der Waals surface area contributed by atoms with Crippen molar-refractivity contribution in [2.45, 2.75) is 46.2 Å². The summed E-state index contributed by atoms with van der Waals surface area (Å²) in [6.45, 7) is 6.60. The number of nitrogens with zero attached hydrogens (tertiary/aromatic N) is 2. The molecular formula is C12H21N3O2. The summed E-state index contributed by atoms with van der Waals surface area (Å²) in [6.07, 6.45) is 1.38. The lowest BCUT2D eigenvalue weighted by molar-refractivity contribution is 0.0923. The van der Waals surface area contributed by atoms with Gasteiger partial charge in [0.15, 0.2) is 0 Å². The number of aryl methyl sites for hydroxylation is 2. The SMILES string of the molecule is CCc1cc(C(=O)NC(C)CCO)n(CC)n1. The van der Waals surface area contributed by atoms with Crippen molar-refractivity contribution < 1.29 is 9.90 Å². The number of aliphatic hydroxyl groups excluding tert-OH is 1. The normalized spacial score (nSPS) is 12.5. The Morgan fingerprint density at radius 2 is 2.29 bits per heavy atom. The van der Waals surface area contributed by atoms with Gasteiger partial charge in [-0.15, -0.1) is 0 Å². The first kappa shape index (κ1) is 13.7. The van der Waals surface area contributed by atoms with E-state index in [2.05, 4.69) is 10.4 Å². The second-order valence-corrected chi connectivity index (χ2v) is 4.08. The topological polar surface area (TPSA) is 67.2 Å². The number of aliphatic hydroxyl groups is 1. The highest BCUT2D eigenvalue weighted by molar-refractivity contribution is 5.92. The van der Waals surface area contributed by atoms with Crippen molar-refractivity contribution >= 4 is 5.91 Å². The molecular weight excluding hydrogens is 218 g/mol. The van der Waals surface area contributed by atoms with Gasteiger partial charge < -0.3 is 10.4 Å². The van der Waals surface area contributed by atoms with Gasteiger partial charge >= 0.3 is 0 Å². The van der Waals surface area contributed by atoms with E-state index in [0.29, 0.717) is 18.7 Å². The molecule has 1 aromatic heterocycles. The zero-order chi connectivity index (χ0) is 12.8. The number of hydrogen-bond donors (Lipinski definition) is 2. The van der Waals surface area contributed by atoms with Gasteiger partial charge in [-0.25, -0.2) is 0 Å². The standard InChI is InChI=1S/C12H21N3O2/c1-4-10-8-11(15(5-2)14-10)12(17)13-9(3)6-7-16/h8-9,16H,4-7H2,1-3H3,(H,13,17). The van der Waals surface area contributed by atoms with E-state index < -0.39 is 0 Å². The van der Waals surface area contributed by atoms with Crippen molar-refractivity contribution in [3.63, 3.8) is 0 Å². The van der Waals surface area contributed by atoms with Crippen LogP contribution in [0, 0.1) is 0 Å². The van der Waals surface area contributed by atoms with E-state index in [-0.39, 0.29) is 18.6 Å². The number of rotatable bonds is 6. The number of carbonyl (C=O) groups excluding carboxylic acids is 1. The molecule has 5 heteroatoms. The maximum Gasteiger partial charge on any atom is 0.269 e. The molecule has 96 valence electrons. The Morgan fingerprint density at radius 1 is 1.59 bits per heavy atom. The first-order valence-electron chi connectivity index (χ1n) is 6.10. The minimum Gasteiger partial charge on any atom is -0.396 e. The van der Waals surface area contributed by atoms with Crippen LogP contribution in [0.4, 0.5) is 0 Å². The van der Waals surface area contributed by atoms with E-state index in [9.17, 15) is 4.79 Å². The van der Waals surface area contributed by atoms with Gasteiger partial charge in [-0.2, -0.15) is 5.10 Å². The van der Waals surface area contributed by atoms with E-state index in [1.807, 2.05) is 26.8 Å². The van der Waals surface area contributed by atoms with E-state index in [0.717, 1.165) is 12.1 Å². The van der Waals surface area contributed by atoms with Crippen molar-refractivity contribution in [3.05, 3.63) is 17.5 Å². The van der Waals surface area contributed by atoms with Gasteiger partial charge in [-0.1, -0.05) is 6.92 Å². The van der Waals surface area contributed by atoms with E-state index in [1.165, 1.54) is 0 Å². The molecule has 1 heterocycles. The molecule has 0 fully saturated rings. The van der Waals surface area contributed by atoms with Gasteiger partial charge in [-0.05, 0) is 32.8 Å². The van der Waals surface area contributed by atoms with Crippen LogP contribution in [0.25, 0.3) is 0 Å². The Hall–Kier alpha value is -1.36. The summed E-state index contributed by atoms with van der Waals surface area (Å²) in [5.74, 6) is -0.125. The summed E-state index contributed by atoms with van der Waals surface area (Å²) in [7, 11) is 0. The zero-order valence-corrected chi connectivity index (χ0v) is 10.7. The molecule has 0 aliphatic rings. The van der Waals surface area contributed by atoms with Gasteiger partial charge in [0.25, 0.3) is 5.91 Å². The van der Waals surface area contributed by atoms with Gasteiger partial charge in [0.05, 0.1) is 5.69 Å². The lowest BCUT2D eigenvalue weighted by Crippen LogP contribution is -2.34. The zero-order valence-electron chi connectivity index (χ0n) is 10.7. The van der Waals surface area contributed by atoms with Gasteiger partial charge in [-0.3, -0.25) is 9.48 Å². The van der Waals surface area contributed by atoms with Crippen LogP contribution in [-0.4, -0.2) is 33.4 Å². The molecule has 0 aliphatic carbocycles. The molecule has 1 unspecified atom stereocenters. The Bertz CT molecular complexity index is 374. The lowest BCUT2D eigenvalue weighted by atomic mass is 10.2. The molecule has 2 N–H and O–H groups in total. The molecule has 0 aromatic carbocycles. The van der Waals surface area contributed by atoms with Crippen molar-refractivity contribution in [3.8, 4) is 0 Å². The van der Waals surface area contributed by atoms with Crippen molar-refractivity contribution in [1.82, 2.24) is 15.1 Å². The molecule has 0 saturated carbocycles. The highest BCUT2D eigenvalue weighted by Crippen LogP contribution is 2.06. The number of carbonyl (C=O) groups is 1. The fourth-order valence-electron chi connectivity index (χ4n) is 1.63. The maximum absolute atomic E-state index is 12.0. The Balaban J connectivity index is 2.77. The Labute approximate surface area is 102 Å². The summed E-state index contributed by atoms with van der Waals surface area (Å²) < 4.78 is 1.71. The van der Waals surface area contributed by atoms with Crippen LogP contribution in [0.2, 0.25) is 0 Å². The van der Waals surface area contributed by atoms with Crippen molar-refractivity contribution in [2.24, 2.45) is 0 Å². The molecule has 0 aliphatic heterocycles. The third-order valence-corrected chi connectivity index (χ3v) is 2.66.